The molecule has 26 heavy (non-hydrogen) atoms. The molecular formula is C20H24N2O4. The molecule has 2 heterocycles. The number of nitrogens with zero attached hydrogens (tertiary/aromatic N) is 2. The van der Waals surface area contributed by atoms with Crippen LogP contribution in [-0.2, 0) is 4.74 Å². The van der Waals surface area contributed by atoms with Crippen LogP contribution in [0.5, 0.6) is 11.5 Å². The quantitative estimate of drug-likeness (QED) is 0.804. The van der Waals surface area contributed by atoms with Crippen molar-refractivity contribution < 1.29 is 19.4 Å². The fourth-order valence-corrected chi connectivity index (χ4v) is 4.06. The van der Waals surface area contributed by atoms with E-state index < -0.39 is 0 Å². The Hall–Kier alpha value is -2.34. The number of aromatic nitrogens is 2. The Balaban J connectivity index is 1.51. The molecule has 2 aromatic rings. The van der Waals surface area contributed by atoms with Crippen LogP contribution in [0.25, 0.3) is 0 Å². The van der Waals surface area contributed by atoms with Crippen LogP contribution in [0.3, 0.4) is 0 Å². The number of ether oxygens (including phenoxy) is 2. The van der Waals surface area contributed by atoms with E-state index in [-0.39, 0.29) is 11.3 Å². The van der Waals surface area contributed by atoms with Crippen molar-refractivity contribution in [3.63, 3.8) is 0 Å². The third-order valence-corrected chi connectivity index (χ3v) is 5.57. The topological polar surface area (TPSA) is 73.6 Å². The minimum atomic E-state index is -0.0410. The predicted octanol–water partition coefficient (Wildman–Crippen LogP) is 3.33. The minimum absolute atomic E-state index is 0.0410. The zero-order valence-corrected chi connectivity index (χ0v) is 14.7. The Bertz CT molecular complexity index is 769. The van der Waals surface area contributed by atoms with Crippen molar-refractivity contribution in [2.75, 3.05) is 19.8 Å². The second-order valence-electron chi connectivity index (χ2n) is 7.16. The number of aromatic hydroxyl groups is 1. The molecule has 1 aromatic carbocycles. The predicted molar refractivity (Wildman–Crippen MR) is 95.8 cm³/mol. The van der Waals surface area contributed by atoms with Crippen LogP contribution in [0.2, 0.25) is 0 Å². The van der Waals surface area contributed by atoms with E-state index in [1.165, 1.54) is 24.6 Å². The molecule has 6 heteroatoms. The molecule has 2 fully saturated rings. The summed E-state index contributed by atoms with van der Waals surface area (Å²) in [5, 5.41) is 14.3. The fourth-order valence-electron chi connectivity index (χ4n) is 4.06. The van der Waals surface area contributed by atoms with Crippen LogP contribution in [0.15, 0.2) is 30.5 Å². The highest BCUT2D eigenvalue weighted by molar-refractivity contribution is 5.83. The Morgan fingerprint density at radius 3 is 2.88 bits per heavy atom. The van der Waals surface area contributed by atoms with Crippen LogP contribution in [0.4, 0.5) is 0 Å². The number of carbonyl (C=O) groups is 1. The molecule has 2 aliphatic rings. The summed E-state index contributed by atoms with van der Waals surface area (Å²) in [4.78, 5) is 11.2. The summed E-state index contributed by atoms with van der Waals surface area (Å²) < 4.78 is 13.4. The fraction of sp³-hybridized carbons (Fsp3) is 0.500. The lowest BCUT2D eigenvalue weighted by molar-refractivity contribution is -0.0310. The van der Waals surface area contributed by atoms with Crippen LogP contribution in [0, 0.1) is 5.92 Å². The first-order valence-electron chi connectivity index (χ1n) is 9.29. The van der Waals surface area contributed by atoms with E-state index in [2.05, 4.69) is 15.8 Å². The summed E-state index contributed by atoms with van der Waals surface area (Å²) in [7, 11) is 0. The molecule has 1 aliphatic carbocycles. The van der Waals surface area contributed by atoms with Gasteiger partial charge in [-0.2, -0.15) is 5.10 Å². The van der Waals surface area contributed by atoms with Gasteiger partial charge in [-0.05, 0) is 31.0 Å². The summed E-state index contributed by atoms with van der Waals surface area (Å²) in [5.74, 6) is 1.16. The third-order valence-electron chi connectivity index (χ3n) is 5.57. The van der Waals surface area contributed by atoms with Crippen molar-refractivity contribution in [1.82, 2.24) is 9.78 Å². The summed E-state index contributed by atoms with van der Waals surface area (Å²) >= 11 is 0. The lowest BCUT2D eigenvalue weighted by atomic mass is 9.77. The molecule has 0 spiro atoms. The largest absolute Gasteiger partial charge is 0.507 e. The normalized spacial score (nSPS) is 23.4. The van der Waals surface area contributed by atoms with Gasteiger partial charge in [0.1, 0.15) is 11.5 Å². The molecule has 138 valence electrons. The van der Waals surface area contributed by atoms with Gasteiger partial charge in [-0.15, -0.1) is 0 Å². The molecule has 1 aromatic heterocycles. The van der Waals surface area contributed by atoms with Gasteiger partial charge in [-0.3, -0.25) is 9.48 Å². The molecule has 1 aliphatic heterocycles. The average molecular weight is 356 g/mol. The molecule has 4 rings (SSSR count). The van der Waals surface area contributed by atoms with Crippen LogP contribution in [0.1, 0.15) is 53.7 Å². The number of carbonyl (C=O) groups excluding carboxylic acids is 1. The van der Waals surface area contributed by atoms with E-state index in [1.807, 2.05) is 6.20 Å². The number of phenolic OH excluding ortho intramolecular Hbond substituents is 1. The molecule has 0 amide bonds. The summed E-state index contributed by atoms with van der Waals surface area (Å²) in [6, 6.07) is 7.39. The zero-order valence-electron chi connectivity index (χ0n) is 14.7. The van der Waals surface area contributed by atoms with Crippen LogP contribution < -0.4 is 4.74 Å². The van der Waals surface area contributed by atoms with Crippen molar-refractivity contribution in [2.24, 2.45) is 5.92 Å². The molecule has 1 saturated heterocycles. The molecule has 2 atom stereocenters. The van der Waals surface area contributed by atoms with E-state index in [9.17, 15) is 9.90 Å². The van der Waals surface area contributed by atoms with Crippen LogP contribution in [-0.4, -0.2) is 41.0 Å². The van der Waals surface area contributed by atoms with Crippen molar-refractivity contribution in [3.05, 3.63) is 41.7 Å². The molecule has 1 N–H and O–H groups in total. The maximum atomic E-state index is 11.2. The second kappa shape index (κ2) is 7.50. The monoisotopic (exact) mass is 356 g/mol. The molecular weight excluding hydrogens is 332 g/mol. The molecule has 6 nitrogen and oxygen atoms in total. The third kappa shape index (κ3) is 3.21. The van der Waals surface area contributed by atoms with Crippen LogP contribution >= 0.6 is 0 Å². The first kappa shape index (κ1) is 17.1. The van der Waals surface area contributed by atoms with Gasteiger partial charge in [0, 0.05) is 23.7 Å². The number of aldehydes is 1. The van der Waals surface area contributed by atoms with E-state index >= 15 is 0 Å². The van der Waals surface area contributed by atoms with E-state index in [4.69, 9.17) is 9.47 Å². The van der Waals surface area contributed by atoms with E-state index in [0.717, 1.165) is 26.1 Å². The van der Waals surface area contributed by atoms with Crippen molar-refractivity contribution in [2.45, 2.75) is 37.6 Å². The van der Waals surface area contributed by atoms with Gasteiger partial charge in [-0.25, -0.2) is 0 Å². The van der Waals surface area contributed by atoms with Gasteiger partial charge in [-0.1, -0.05) is 18.9 Å². The van der Waals surface area contributed by atoms with Crippen molar-refractivity contribution in [1.29, 1.82) is 0 Å². The maximum absolute atomic E-state index is 11.2. The number of phenols is 1. The Labute approximate surface area is 152 Å². The summed E-state index contributed by atoms with van der Waals surface area (Å²) in [6.07, 6.45) is 7.12. The molecule has 1 saturated carbocycles. The van der Waals surface area contributed by atoms with Gasteiger partial charge >= 0.3 is 0 Å². The Kier molecular flexibility index (Phi) is 4.93. The summed E-state index contributed by atoms with van der Waals surface area (Å²) in [5.41, 5.74) is 1.48. The van der Waals surface area contributed by atoms with E-state index in [0.29, 0.717) is 36.5 Å². The Morgan fingerprint density at radius 2 is 2.12 bits per heavy atom. The highest BCUT2D eigenvalue weighted by atomic mass is 16.5. The lowest BCUT2D eigenvalue weighted by Crippen LogP contribution is -2.34. The number of hydrogen-bond donors (Lipinski definition) is 1. The maximum Gasteiger partial charge on any atom is 0.157 e. The smallest absolute Gasteiger partial charge is 0.157 e. The van der Waals surface area contributed by atoms with Gasteiger partial charge in [0.2, 0.25) is 0 Å². The minimum Gasteiger partial charge on any atom is -0.507 e. The Morgan fingerprint density at radius 1 is 1.27 bits per heavy atom. The average Bonchev–Trinajstić information content (AvgIpc) is 3.07. The van der Waals surface area contributed by atoms with Gasteiger partial charge in [0.25, 0.3) is 0 Å². The van der Waals surface area contributed by atoms with Crippen molar-refractivity contribution in [3.8, 4) is 11.5 Å². The summed E-state index contributed by atoms with van der Waals surface area (Å²) in [6.45, 7) is 1.99. The van der Waals surface area contributed by atoms with Gasteiger partial charge in [0.15, 0.2) is 6.29 Å². The lowest BCUT2D eigenvalue weighted by Gasteiger charge is -2.35. The molecule has 0 radical (unpaired) electrons. The van der Waals surface area contributed by atoms with Gasteiger partial charge in [0.05, 0.1) is 31.4 Å². The van der Waals surface area contributed by atoms with Crippen molar-refractivity contribution >= 4 is 6.29 Å². The standard InChI is InChI=1S/C20H24N2O4/c23-10-17-19(24)6-3-7-20(17)26-11-14-4-1-2-5-16(14)18-8-9-21-22(18)15-12-25-13-15/h3,6-10,14-16,24H,1-2,4-5,11-13H2. The first-order chi connectivity index (χ1) is 12.8. The number of hydrogen-bond acceptors (Lipinski definition) is 5. The van der Waals surface area contributed by atoms with Gasteiger partial charge < -0.3 is 14.6 Å². The highest BCUT2D eigenvalue weighted by Crippen LogP contribution is 2.39. The molecule has 2 unspecified atom stereocenters. The molecule has 0 bridgehead atoms. The SMILES string of the molecule is O=Cc1c(O)cccc1OCC1CCCCC1c1ccnn1C1COC1. The highest BCUT2D eigenvalue weighted by Gasteiger charge is 2.32. The number of rotatable bonds is 6. The van der Waals surface area contributed by atoms with E-state index in [1.54, 1.807) is 12.1 Å². The second-order valence-corrected chi connectivity index (χ2v) is 7.16. The first-order valence-corrected chi connectivity index (χ1v) is 9.29. The zero-order chi connectivity index (χ0) is 17.9. The number of benzene rings is 1.